The van der Waals surface area contributed by atoms with Crippen LogP contribution in [0.1, 0.15) is 52.1 Å². The second kappa shape index (κ2) is 11.5. The third-order valence-electron chi connectivity index (χ3n) is 7.04. The van der Waals surface area contributed by atoms with E-state index in [1.807, 2.05) is 6.92 Å². The quantitative estimate of drug-likeness (QED) is 0.294. The fourth-order valence-electron chi connectivity index (χ4n) is 4.79. The molecule has 1 saturated heterocycles. The second-order valence-corrected chi connectivity index (χ2v) is 10.5. The number of alkyl halides is 3. The molecule has 2 atom stereocenters. The van der Waals surface area contributed by atoms with Crippen molar-refractivity contribution < 1.29 is 27.9 Å². The molecule has 0 spiro atoms. The van der Waals surface area contributed by atoms with Crippen LogP contribution in [0.4, 0.5) is 24.7 Å². The van der Waals surface area contributed by atoms with Crippen molar-refractivity contribution in [3.63, 3.8) is 0 Å². The predicted octanol–water partition coefficient (Wildman–Crippen LogP) is 4.20. The number of nitrogens with two attached hydrogens (primary N) is 1. The lowest BCUT2D eigenvalue weighted by Gasteiger charge is -2.18. The van der Waals surface area contributed by atoms with Crippen molar-refractivity contribution in [1.82, 2.24) is 24.6 Å². The van der Waals surface area contributed by atoms with Gasteiger partial charge in [-0.05, 0) is 62.1 Å². The van der Waals surface area contributed by atoms with Crippen LogP contribution in [0, 0.1) is 18.8 Å². The molecule has 5 rings (SSSR count). The number of carbonyl (C=O) groups is 2. The Morgan fingerprint density at radius 3 is 2.67 bits per heavy atom. The number of nitrogen functional groups attached to an aromatic ring is 1. The van der Waals surface area contributed by atoms with E-state index in [2.05, 4.69) is 32.2 Å². The van der Waals surface area contributed by atoms with E-state index < -0.39 is 28.8 Å². The zero-order chi connectivity index (χ0) is 31.1. The van der Waals surface area contributed by atoms with Crippen LogP contribution in [0.2, 0.25) is 5.02 Å². The Morgan fingerprint density at radius 1 is 1.19 bits per heavy atom. The first-order valence-electron chi connectivity index (χ1n) is 13.1. The molecule has 0 aliphatic carbocycles. The molecule has 222 valence electrons. The molecule has 2 aromatic heterocycles. The number of carbonyl (C=O) groups excluding carboxylic acids is 2. The van der Waals surface area contributed by atoms with Gasteiger partial charge in [-0.1, -0.05) is 23.6 Å². The van der Waals surface area contributed by atoms with Gasteiger partial charge in [0.05, 0.1) is 22.0 Å². The highest BCUT2D eigenvalue weighted by atomic mass is 35.5. The number of hydrogen-bond donors (Lipinski definition) is 3. The van der Waals surface area contributed by atoms with Gasteiger partial charge in [0, 0.05) is 29.9 Å². The third-order valence-corrected chi connectivity index (χ3v) is 7.37. The van der Waals surface area contributed by atoms with Crippen LogP contribution in [-0.2, 0) is 11.0 Å². The van der Waals surface area contributed by atoms with E-state index in [1.54, 1.807) is 27.8 Å². The number of halogens is 4. The van der Waals surface area contributed by atoms with Crippen molar-refractivity contribution >= 4 is 46.0 Å². The highest BCUT2D eigenvalue weighted by molar-refractivity contribution is 6.31. The molecule has 4 aromatic rings. The van der Waals surface area contributed by atoms with Gasteiger partial charge in [0.1, 0.15) is 23.9 Å². The zero-order valence-electron chi connectivity index (χ0n) is 22.9. The smallest absolute Gasteiger partial charge is 0.384 e. The third kappa shape index (κ3) is 6.11. The molecule has 1 fully saturated rings. The maximum atomic E-state index is 13.3. The molecular formula is C29H25ClF3N7O3. The number of nitrogens with one attached hydrogen (secondary N) is 1. The van der Waals surface area contributed by atoms with E-state index in [1.165, 1.54) is 19.3 Å². The number of aryl methyl sites for hydroxylation is 1. The summed E-state index contributed by atoms with van der Waals surface area (Å²) in [6.45, 7) is 4.01. The van der Waals surface area contributed by atoms with Crippen molar-refractivity contribution in [1.29, 1.82) is 0 Å². The molecule has 1 aliphatic rings. The van der Waals surface area contributed by atoms with Crippen LogP contribution in [0.15, 0.2) is 42.7 Å². The molecule has 14 heteroatoms. The molecule has 0 bridgehead atoms. The summed E-state index contributed by atoms with van der Waals surface area (Å²) in [5.74, 6) is 5.10. The van der Waals surface area contributed by atoms with Crippen LogP contribution < -0.4 is 11.1 Å². The van der Waals surface area contributed by atoms with E-state index in [9.17, 15) is 27.9 Å². The Kier molecular flexibility index (Phi) is 8.00. The molecule has 3 heterocycles. The van der Waals surface area contributed by atoms with Crippen molar-refractivity contribution in [3.05, 3.63) is 75.7 Å². The number of hydrogen-bond acceptors (Lipinski definition) is 7. The number of aromatic nitrogens is 4. The van der Waals surface area contributed by atoms with Crippen LogP contribution in [0.5, 0.6) is 0 Å². The summed E-state index contributed by atoms with van der Waals surface area (Å²) < 4.78 is 41.4. The largest absolute Gasteiger partial charge is 0.417 e. The number of benzene rings is 2. The molecule has 1 aliphatic heterocycles. The highest BCUT2D eigenvalue weighted by Gasteiger charge is 2.34. The van der Waals surface area contributed by atoms with Crippen molar-refractivity contribution in [3.8, 4) is 11.8 Å². The number of fused-ring (bicyclic) bond motifs is 1. The fraction of sp³-hybridized carbons (Fsp3) is 0.276. The van der Waals surface area contributed by atoms with Gasteiger partial charge in [0.15, 0.2) is 5.65 Å². The fourth-order valence-corrected chi connectivity index (χ4v) is 5.02. The van der Waals surface area contributed by atoms with Crippen LogP contribution in [-0.4, -0.2) is 60.8 Å². The van der Waals surface area contributed by atoms with Gasteiger partial charge in [0.2, 0.25) is 0 Å². The molecule has 2 amide bonds. The molecule has 0 unspecified atom stereocenters. The number of anilines is 2. The SMILES string of the molecule is Cc1ccc(NC(=O)c2ccc(Cl)c(C(F)(F)F)c2)cc1C#Cc1nn([C@@H]2CCN(C(=O)[C@@H](C)O)C2)c2ncnc(N)c12. The van der Waals surface area contributed by atoms with Gasteiger partial charge in [-0.2, -0.15) is 18.3 Å². The van der Waals surface area contributed by atoms with Crippen LogP contribution >= 0.6 is 11.6 Å². The van der Waals surface area contributed by atoms with E-state index in [0.29, 0.717) is 53.6 Å². The first-order valence-corrected chi connectivity index (χ1v) is 13.5. The van der Waals surface area contributed by atoms with Crippen molar-refractivity contribution in [2.75, 3.05) is 24.1 Å². The minimum Gasteiger partial charge on any atom is -0.384 e. The normalized spacial score (nSPS) is 15.7. The average molecular weight is 612 g/mol. The monoisotopic (exact) mass is 611 g/mol. The average Bonchev–Trinajstić information content (AvgIpc) is 3.58. The van der Waals surface area contributed by atoms with Crippen molar-refractivity contribution in [2.24, 2.45) is 0 Å². The Hall–Kier alpha value is -4.67. The summed E-state index contributed by atoms with van der Waals surface area (Å²) in [6.07, 6.45) is -3.92. The van der Waals surface area contributed by atoms with Crippen LogP contribution in [0.25, 0.3) is 11.0 Å². The predicted molar refractivity (Wildman–Crippen MR) is 153 cm³/mol. The minimum absolute atomic E-state index is 0.175. The number of amides is 2. The lowest BCUT2D eigenvalue weighted by molar-refractivity contribution is -0.138. The summed E-state index contributed by atoms with van der Waals surface area (Å²) >= 11 is 5.67. The van der Waals surface area contributed by atoms with Gasteiger partial charge >= 0.3 is 6.18 Å². The highest BCUT2D eigenvalue weighted by Crippen LogP contribution is 2.35. The van der Waals surface area contributed by atoms with Crippen molar-refractivity contribution in [2.45, 2.75) is 38.6 Å². The maximum absolute atomic E-state index is 13.3. The van der Waals surface area contributed by atoms with E-state index >= 15 is 0 Å². The summed E-state index contributed by atoms with van der Waals surface area (Å²) in [5, 5.41) is 16.9. The molecule has 43 heavy (non-hydrogen) atoms. The van der Waals surface area contributed by atoms with Crippen LogP contribution in [0.3, 0.4) is 0 Å². The Bertz CT molecular complexity index is 1810. The van der Waals surface area contributed by atoms with E-state index in [4.69, 9.17) is 17.3 Å². The van der Waals surface area contributed by atoms with Gasteiger partial charge < -0.3 is 21.1 Å². The summed E-state index contributed by atoms with van der Waals surface area (Å²) in [6, 6.07) is 7.62. The van der Waals surface area contributed by atoms with Gasteiger partial charge in [0.25, 0.3) is 11.8 Å². The molecule has 10 nitrogen and oxygen atoms in total. The molecular weight excluding hydrogens is 587 g/mol. The number of likely N-dealkylation sites (tertiary alicyclic amines) is 1. The number of aliphatic hydroxyl groups is 1. The standard InChI is InChI=1S/C29H25ClF3N7O3/c1-15-3-6-19(37-27(42)18-4-7-22(30)21(12-18)29(31,32)33)11-17(15)5-8-23-24-25(34)35-14-36-26(24)40(38-23)20-9-10-39(13-20)28(43)16(2)41/h3-4,6-7,11-12,14,16,20,41H,9-10,13H2,1-2H3,(H,37,42)(H2,34,35,36)/t16-,20-/m1/s1. The molecule has 0 radical (unpaired) electrons. The first-order chi connectivity index (χ1) is 20.3. The molecule has 4 N–H and O–H groups in total. The number of rotatable bonds is 4. The van der Waals surface area contributed by atoms with E-state index in [-0.39, 0.29) is 23.3 Å². The maximum Gasteiger partial charge on any atom is 0.417 e. The lowest BCUT2D eigenvalue weighted by Crippen LogP contribution is -2.36. The van der Waals surface area contributed by atoms with Gasteiger partial charge in [-0.25, -0.2) is 14.6 Å². The topological polar surface area (TPSA) is 139 Å². The van der Waals surface area contributed by atoms with Gasteiger partial charge in [-0.3, -0.25) is 9.59 Å². The summed E-state index contributed by atoms with van der Waals surface area (Å²) in [7, 11) is 0. The molecule has 0 saturated carbocycles. The zero-order valence-corrected chi connectivity index (χ0v) is 23.7. The minimum atomic E-state index is -4.71. The van der Waals surface area contributed by atoms with Gasteiger partial charge in [-0.15, -0.1) is 0 Å². The summed E-state index contributed by atoms with van der Waals surface area (Å²) in [5.41, 5.74) is 7.22. The number of nitrogens with zero attached hydrogens (tertiary/aromatic N) is 5. The number of aliphatic hydroxyl groups excluding tert-OH is 1. The molecule has 2 aromatic carbocycles. The lowest BCUT2D eigenvalue weighted by atomic mass is 10.1. The van der Waals surface area contributed by atoms with E-state index in [0.717, 1.165) is 11.6 Å². The Balaban J connectivity index is 1.43. The Morgan fingerprint density at radius 2 is 1.95 bits per heavy atom. The second-order valence-electron chi connectivity index (χ2n) is 10.1. The first kappa shape index (κ1) is 29.8. The summed E-state index contributed by atoms with van der Waals surface area (Å²) in [4.78, 5) is 35.0. The Labute approximate surface area is 248 Å².